The molecule has 1 unspecified atom stereocenters. The Bertz CT molecular complexity index is 1300. The lowest BCUT2D eigenvalue weighted by Gasteiger charge is -2.23. The number of nitrogens with zero attached hydrogens (tertiary/aromatic N) is 2. The molecule has 3 aromatic rings. The Balaban J connectivity index is 1.53. The van der Waals surface area contributed by atoms with E-state index in [0.29, 0.717) is 21.3 Å². The van der Waals surface area contributed by atoms with Crippen LogP contribution in [0, 0.1) is 6.92 Å². The van der Waals surface area contributed by atoms with Gasteiger partial charge in [-0.2, -0.15) is 0 Å². The Kier molecular flexibility index (Phi) is 5.64. The van der Waals surface area contributed by atoms with E-state index in [-0.39, 0.29) is 17.9 Å². The summed E-state index contributed by atoms with van der Waals surface area (Å²) in [5, 5.41) is 0. The second kappa shape index (κ2) is 8.61. The quantitative estimate of drug-likeness (QED) is 0.353. The number of anilines is 1. The molecule has 1 atom stereocenters. The van der Waals surface area contributed by atoms with Crippen molar-refractivity contribution in [1.29, 1.82) is 0 Å². The zero-order valence-electron chi connectivity index (χ0n) is 18.3. The van der Waals surface area contributed by atoms with Gasteiger partial charge >= 0.3 is 0 Å². The molecule has 0 N–H and O–H groups in total. The van der Waals surface area contributed by atoms with E-state index in [1.807, 2.05) is 92.7 Å². The highest BCUT2D eigenvalue weighted by molar-refractivity contribution is 8.26. The summed E-state index contributed by atoms with van der Waals surface area (Å²) in [6.45, 7) is 4.44. The number of thiocarbonyl (C=S) groups is 1. The van der Waals surface area contributed by atoms with E-state index in [1.54, 1.807) is 9.80 Å². The average Bonchev–Trinajstić information content (AvgIpc) is 3.27. The number of thioether (sulfide) groups is 1. The number of hydrogen-bond acceptors (Lipinski definition) is 4. The molecule has 0 saturated carbocycles. The first-order chi connectivity index (χ1) is 16.0. The lowest BCUT2D eigenvalue weighted by atomic mass is 10.1. The summed E-state index contributed by atoms with van der Waals surface area (Å²) in [6.07, 6.45) is 0. The van der Waals surface area contributed by atoms with Crippen LogP contribution in [0.3, 0.4) is 0 Å². The molecule has 1 saturated heterocycles. The predicted octanol–water partition coefficient (Wildman–Crippen LogP) is 5.87. The maximum absolute atomic E-state index is 13.7. The second-order valence-corrected chi connectivity index (χ2v) is 9.87. The summed E-state index contributed by atoms with van der Waals surface area (Å²) in [5.41, 5.74) is 5.25. The van der Waals surface area contributed by atoms with Crippen LogP contribution in [0.25, 0.3) is 5.57 Å². The van der Waals surface area contributed by atoms with Gasteiger partial charge in [0, 0.05) is 5.56 Å². The Morgan fingerprint density at radius 3 is 2.27 bits per heavy atom. The van der Waals surface area contributed by atoms with Gasteiger partial charge < -0.3 is 4.90 Å². The van der Waals surface area contributed by atoms with Crippen LogP contribution in [0.1, 0.15) is 35.2 Å². The fraction of sp³-hybridized carbons (Fsp3) is 0.148. The van der Waals surface area contributed by atoms with Crippen molar-refractivity contribution in [1.82, 2.24) is 4.90 Å². The van der Waals surface area contributed by atoms with Gasteiger partial charge in [-0.15, -0.1) is 0 Å². The zero-order valence-corrected chi connectivity index (χ0v) is 20.0. The van der Waals surface area contributed by atoms with Crippen molar-refractivity contribution in [3.05, 3.63) is 106 Å². The Morgan fingerprint density at radius 2 is 1.55 bits per heavy atom. The molecule has 6 heteroatoms. The highest BCUT2D eigenvalue weighted by atomic mass is 32.2. The number of aryl methyl sites for hydroxylation is 1. The van der Waals surface area contributed by atoms with Crippen LogP contribution >= 0.6 is 24.0 Å². The fourth-order valence-corrected chi connectivity index (χ4v) is 5.77. The van der Waals surface area contributed by atoms with E-state index in [2.05, 4.69) is 0 Å². The van der Waals surface area contributed by atoms with Gasteiger partial charge in [0.1, 0.15) is 4.32 Å². The van der Waals surface area contributed by atoms with Crippen LogP contribution in [-0.2, 0) is 16.1 Å². The van der Waals surface area contributed by atoms with E-state index in [9.17, 15) is 9.59 Å². The number of hydrogen-bond donors (Lipinski definition) is 0. The highest BCUT2D eigenvalue weighted by Gasteiger charge is 2.43. The van der Waals surface area contributed by atoms with E-state index in [0.717, 1.165) is 22.4 Å². The smallest absolute Gasteiger partial charge is 0.267 e. The van der Waals surface area contributed by atoms with Gasteiger partial charge in [-0.05, 0) is 31.0 Å². The fourth-order valence-electron chi connectivity index (χ4n) is 4.28. The summed E-state index contributed by atoms with van der Waals surface area (Å²) < 4.78 is 0.473. The molecule has 0 radical (unpaired) electrons. The van der Waals surface area contributed by atoms with E-state index < -0.39 is 0 Å². The molecule has 0 spiro atoms. The molecular formula is C27H22N2O2S2. The van der Waals surface area contributed by atoms with Crippen LogP contribution in [0.5, 0.6) is 0 Å². The molecule has 1 fully saturated rings. The number of para-hydroxylation sites is 1. The van der Waals surface area contributed by atoms with Crippen LogP contribution < -0.4 is 4.90 Å². The molecule has 5 rings (SSSR count). The molecule has 4 nitrogen and oxygen atoms in total. The van der Waals surface area contributed by atoms with Crippen molar-refractivity contribution in [2.24, 2.45) is 0 Å². The summed E-state index contributed by atoms with van der Waals surface area (Å²) >= 11 is 6.82. The maximum Gasteiger partial charge on any atom is 0.267 e. The molecule has 33 heavy (non-hydrogen) atoms. The first-order valence-electron chi connectivity index (χ1n) is 10.8. The van der Waals surface area contributed by atoms with Gasteiger partial charge in [-0.3, -0.25) is 14.5 Å². The SMILES string of the molecule is Cc1ccc(CN2C(=O)C(=C3SC(=S)N(C(C)c4ccccc4)C3=O)c3ccccc32)cc1. The van der Waals surface area contributed by atoms with Crippen molar-refractivity contribution < 1.29 is 9.59 Å². The normalized spacial score (nSPS) is 18.8. The lowest BCUT2D eigenvalue weighted by Crippen LogP contribution is -2.31. The minimum Gasteiger partial charge on any atom is -0.303 e. The number of fused-ring (bicyclic) bond motifs is 1. The van der Waals surface area contributed by atoms with Crippen LogP contribution in [0.2, 0.25) is 0 Å². The number of amides is 2. The third-order valence-electron chi connectivity index (χ3n) is 6.08. The zero-order chi connectivity index (χ0) is 23.1. The van der Waals surface area contributed by atoms with Gasteiger partial charge in [-0.1, -0.05) is 102 Å². The van der Waals surface area contributed by atoms with Gasteiger partial charge in [0.2, 0.25) is 0 Å². The first kappa shape index (κ1) is 21.6. The molecule has 0 bridgehead atoms. The minimum atomic E-state index is -0.216. The van der Waals surface area contributed by atoms with Crippen LogP contribution in [0.15, 0.2) is 83.8 Å². The van der Waals surface area contributed by atoms with Crippen molar-refractivity contribution in [3.63, 3.8) is 0 Å². The molecule has 2 aliphatic heterocycles. The van der Waals surface area contributed by atoms with E-state index >= 15 is 0 Å². The van der Waals surface area contributed by atoms with Crippen LogP contribution in [-0.4, -0.2) is 21.0 Å². The number of carbonyl (C=O) groups excluding carboxylic acids is 2. The monoisotopic (exact) mass is 470 g/mol. The van der Waals surface area contributed by atoms with Crippen molar-refractivity contribution in [2.75, 3.05) is 4.90 Å². The largest absolute Gasteiger partial charge is 0.303 e. The summed E-state index contributed by atoms with van der Waals surface area (Å²) in [4.78, 5) is 31.0. The van der Waals surface area contributed by atoms with E-state index in [4.69, 9.17) is 12.2 Å². The average molecular weight is 471 g/mol. The molecular weight excluding hydrogens is 448 g/mol. The summed E-state index contributed by atoms with van der Waals surface area (Å²) in [6, 6.07) is 25.4. The molecule has 2 aliphatic rings. The Morgan fingerprint density at radius 1 is 0.879 bits per heavy atom. The lowest BCUT2D eigenvalue weighted by molar-refractivity contribution is -0.123. The molecule has 2 amide bonds. The standard InChI is InChI=1S/C27H22N2O2S2/c1-17-12-14-19(15-13-17)16-28-22-11-7-6-10-21(22)23(25(28)30)24-26(31)29(27(32)33-24)18(2)20-8-4-3-5-9-20/h3-15,18H,16H2,1-2H3. The third-order valence-corrected chi connectivity index (χ3v) is 7.48. The molecule has 2 heterocycles. The molecule has 3 aromatic carbocycles. The van der Waals surface area contributed by atoms with Gasteiger partial charge in [0.25, 0.3) is 11.8 Å². The summed E-state index contributed by atoms with van der Waals surface area (Å²) in [5.74, 6) is -0.374. The molecule has 164 valence electrons. The highest BCUT2D eigenvalue weighted by Crippen LogP contribution is 2.46. The van der Waals surface area contributed by atoms with Gasteiger partial charge in [0.15, 0.2) is 0 Å². The molecule has 0 aromatic heterocycles. The topological polar surface area (TPSA) is 40.6 Å². The Hall–Kier alpha value is -3.22. The number of benzene rings is 3. The second-order valence-electron chi connectivity index (χ2n) is 8.23. The maximum atomic E-state index is 13.7. The van der Waals surface area contributed by atoms with Crippen molar-refractivity contribution in [3.8, 4) is 0 Å². The predicted molar refractivity (Wildman–Crippen MR) is 138 cm³/mol. The number of carbonyl (C=O) groups is 2. The minimum absolute atomic E-state index is 0.162. The molecule has 0 aliphatic carbocycles. The van der Waals surface area contributed by atoms with Gasteiger partial charge in [-0.25, -0.2) is 0 Å². The van der Waals surface area contributed by atoms with E-state index in [1.165, 1.54) is 17.3 Å². The van der Waals surface area contributed by atoms with Gasteiger partial charge in [0.05, 0.1) is 28.8 Å². The third kappa shape index (κ3) is 3.79. The van der Waals surface area contributed by atoms with Crippen LogP contribution in [0.4, 0.5) is 5.69 Å². The number of rotatable bonds is 4. The van der Waals surface area contributed by atoms with Crippen molar-refractivity contribution >= 4 is 51.4 Å². The summed E-state index contributed by atoms with van der Waals surface area (Å²) in [7, 11) is 0. The first-order valence-corrected chi connectivity index (χ1v) is 12.0. The van der Waals surface area contributed by atoms with Crippen molar-refractivity contribution in [2.45, 2.75) is 26.4 Å². The Labute approximate surface area is 202 Å².